The molecule has 0 radical (unpaired) electrons. The lowest BCUT2D eigenvalue weighted by molar-refractivity contribution is 0.350. The summed E-state index contributed by atoms with van der Waals surface area (Å²) in [6.07, 6.45) is 2.20. The van der Waals surface area contributed by atoms with Crippen molar-refractivity contribution in [2.24, 2.45) is 11.1 Å². The third-order valence-corrected chi connectivity index (χ3v) is 3.71. The Balaban J connectivity index is 2.11. The van der Waals surface area contributed by atoms with Crippen molar-refractivity contribution >= 4 is 16.7 Å². The topological polar surface area (TPSA) is 50.9 Å². The van der Waals surface area contributed by atoms with Crippen LogP contribution in [0.15, 0.2) is 30.3 Å². The number of rotatable bonds is 6. The zero-order valence-electron chi connectivity index (χ0n) is 12.7. The Morgan fingerprint density at radius 1 is 1.25 bits per heavy atom. The molecule has 2 rings (SSSR count). The fraction of sp³-hybridized carbons (Fsp3) is 0.471. The highest BCUT2D eigenvalue weighted by Gasteiger charge is 2.17. The quantitative estimate of drug-likeness (QED) is 0.842. The maximum absolute atomic E-state index is 5.60. The van der Waals surface area contributed by atoms with E-state index in [1.165, 1.54) is 10.9 Å². The molecule has 0 saturated carbocycles. The van der Waals surface area contributed by atoms with Gasteiger partial charge in [0, 0.05) is 11.9 Å². The molecule has 0 saturated heterocycles. The first-order valence-electron chi connectivity index (χ1n) is 7.32. The highest BCUT2D eigenvalue weighted by molar-refractivity contribution is 5.81. The Labute approximate surface area is 121 Å². The molecule has 0 amide bonds. The van der Waals surface area contributed by atoms with Crippen molar-refractivity contribution in [1.29, 1.82) is 0 Å². The number of para-hydroxylation sites is 1. The largest absolute Gasteiger partial charge is 0.369 e. The van der Waals surface area contributed by atoms with E-state index in [1.807, 2.05) is 12.1 Å². The number of hydrogen-bond acceptors (Lipinski definition) is 3. The molecule has 1 aromatic heterocycles. The normalized spacial score (nSPS) is 11.8. The number of aromatic nitrogens is 1. The van der Waals surface area contributed by atoms with Crippen molar-refractivity contribution in [2.45, 2.75) is 33.6 Å². The van der Waals surface area contributed by atoms with Crippen molar-refractivity contribution < 1.29 is 0 Å². The summed E-state index contributed by atoms with van der Waals surface area (Å²) in [5, 5.41) is 4.69. The lowest BCUT2D eigenvalue weighted by atomic mass is 9.88. The smallest absolute Gasteiger partial charge is 0.129 e. The number of hydrogen-bond donors (Lipinski definition) is 2. The number of nitrogens with two attached hydrogens (primary N) is 1. The first kappa shape index (κ1) is 14.8. The zero-order chi connectivity index (χ0) is 14.6. The summed E-state index contributed by atoms with van der Waals surface area (Å²) < 4.78 is 0. The third kappa shape index (κ3) is 3.70. The molecule has 0 spiro atoms. The first-order valence-corrected chi connectivity index (χ1v) is 7.32. The van der Waals surface area contributed by atoms with E-state index in [-0.39, 0.29) is 5.41 Å². The third-order valence-electron chi connectivity index (χ3n) is 3.71. The highest BCUT2D eigenvalue weighted by atomic mass is 15.0. The molecular formula is C17H25N3. The number of anilines is 1. The van der Waals surface area contributed by atoms with E-state index in [0.29, 0.717) is 0 Å². The van der Waals surface area contributed by atoms with Crippen LogP contribution in [-0.2, 0) is 0 Å². The molecule has 20 heavy (non-hydrogen) atoms. The Hall–Kier alpha value is -1.61. The summed E-state index contributed by atoms with van der Waals surface area (Å²) in [5.41, 5.74) is 8.07. The van der Waals surface area contributed by atoms with E-state index in [4.69, 9.17) is 10.7 Å². The van der Waals surface area contributed by atoms with E-state index >= 15 is 0 Å². The van der Waals surface area contributed by atoms with Gasteiger partial charge in [-0.25, -0.2) is 4.98 Å². The average molecular weight is 271 g/mol. The molecule has 0 bridgehead atoms. The van der Waals surface area contributed by atoms with Gasteiger partial charge in [-0.1, -0.05) is 32.0 Å². The van der Waals surface area contributed by atoms with E-state index in [2.05, 4.69) is 44.3 Å². The molecule has 0 aliphatic rings. The van der Waals surface area contributed by atoms with Gasteiger partial charge in [-0.2, -0.15) is 0 Å². The molecule has 108 valence electrons. The predicted octanol–water partition coefficient (Wildman–Crippen LogP) is 3.72. The van der Waals surface area contributed by atoms with Gasteiger partial charge in [-0.05, 0) is 49.4 Å². The van der Waals surface area contributed by atoms with Gasteiger partial charge in [0.15, 0.2) is 0 Å². The van der Waals surface area contributed by atoms with Crippen molar-refractivity contribution in [3.8, 4) is 0 Å². The predicted molar refractivity (Wildman–Crippen MR) is 87.0 cm³/mol. The van der Waals surface area contributed by atoms with Gasteiger partial charge < -0.3 is 11.1 Å². The van der Waals surface area contributed by atoms with E-state index in [1.54, 1.807) is 0 Å². The maximum Gasteiger partial charge on any atom is 0.129 e. The molecule has 0 fully saturated rings. The Morgan fingerprint density at radius 2 is 2.00 bits per heavy atom. The number of nitrogens with one attached hydrogen (secondary N) is 1. The molecule has 0 aliphatic heterocycles. The summed E-state index contributed by atoms with van der Waals surface area (Å²) in [6, 6.07) is 10.4. The number of aryl methyl sites for hydroxylation is 1. The number of nitrogens with zero attached hydrogens (tertiary/aromatic N) is 1. The number of benzene rings is 1. The fourth-order valence-corrected chi connectivity index (χ4v) is 2.39. The van der Waals surface area contributed by atoms with Crippen LogP contribution in [0, 0.1) is 12.3 Å². The van der Waals surface area contributed by atoms with E-state index in [0.717, 1.165) is 37.3 Å². The molecule has 1 aromatic carbocycles. The second kappa shape index (κ2) is 6.23. The lowest BCUT2D eigenvalue weighted by Crippen LogP contribution is -2.24. The Kier molecular flexibility index (Phi) is 4.61. The Morgan fingerprint density at radius 3 is 2.75 bits per heavy atom. The average Bonchev–Trinajstić information content (AvgIpc) is 2.43. The van der Waals surface area contributed by atoms with Crippen LogP contribution in [-0.4, -0.2) is 18.1 Å². The number of pyridine rings is 1. The minimum absolute atomic E-state index is 0.235. The van der Waals surface area contributed by atoms with Crippen LogP contribution >= 0.6 is 0 Å². The summed E-state index contributed by atoms with van der Waals surface area (Å²) in [7, 11) is 0. The summed E-state index contributed by atoms with van der Waals surface area (Å²) in [6.45, 7) is 8.32. The van der Waals surface area contributed by atoms with Crippen LogP contribution in [0.4, 0.5) is 5.82 Å². The van der Waals surface area contributed by atoms with Crippen molar-refractivity contribution in [2.75, 3.05) is 18.4 Å². The van der Waals surface area contributed by atoms with Gasteiger partial charge in [0.1, 0.15) is 5.82 Å². The molecule has 3 N–H and O–H groups in total. The minimum atomic E-state index is 0.235. The molecule has 0 atom stereocenters. The summed E-state index contributed by atoms with van der Waals surface area (Å²) >= 11 is 0. The van der Waals surface area contributed by atoms with Crippen LogP contribution < -0.4 is 11.1 Å². The summed E-state index contributed by atoms with van der Waals surface area (Å²) in [4.78, 5) is 4.72. The fourth-order valence-electron chi connectivity index (χ4n) is 2.39. The lowest BCUT2D eigenvalue weighted by Gasteiger charge is -2.25. The number of fused-ring (bicyclic) bond motifs is 1. The molecule has 3 heteroatoms. The maximum atomic E-state index is 5.60. The van der Waals surface area contributed by atoms with Gasteiger partial charge in [0.2, 0.25) is 0 Å². The molecule has 0 aliphatic carbocycles. The SMILES string of the molecule is Cc1cc2ccccc2nc1NCC(C)(C)CCCN. The second-order valence-electron chi connectivity index (χ2n) is 6.26. The van der Waals surface area contributed by atoms with Gasteiger partial charge in [0.25, 0.3) is 0 Å². The van der Waals surface area contributed by atoms with E-state index in [9.17, 15) is 0 Å². The van der Waals surface area contributed by atoms with Crippen molar-refractivity contribution in [3.05, 3.63) is 35.9 Å². The summed E-state index contributed by atoms with van der Waals surface area (Å²) in [5.74, 6) is 0.990. The van der Waals surface area contributed by atoms with Crippen LogP contribution in [0.25, 0.3) is 10.9 Å². The highest BCUT2D eigenvalue weighted by Crippen LogP contribution is 2.24. The monoisotopic (exact) mass is 271 g/mol. The molecular weight excluding hydrogens is 246 g/mol. The van der Waals surface area contributed by atoms with Crippen LogP contribution in [0.3, 0.4) is 0 Å². The van der Waals surface area contributed by atoms with Gasteiger partial charge in [0.05, 0.1) is 5.52 Å². The molecule has 3 nitrogen and oxygen atoms in total. The van der Waals surface area contributed by atoms with E-state index < -0.39 is 0 Å². The molecule has 2 aromatic rings. The van der Waals surface area contributed by atoms with Crippen molar-refractivity contribution in [1.82, 2.24) is 4.98 Å². The minimum Gasteiger partial charge on any atom is -0.369 e. The van der Waals surface area contributed by atoms with Gasteiger partial charge in [-0.3, -0.25) is 0 Å². The molecule has 1 heterocycles. The van der Waals surface area contributed by atoms with Gasteiger partial charge >= 0.3 is 0 Å². The Bertz CT molecular complexity index is 575. The second-order valence-corrected chi connectivity index (χ2v) is 6.26. The first-order chi connectivity index (χ1) is 9.52. The standard InChI is InChI=1S/C17H25N3/c1-13-11-14-7-4-5-8-15(14)20-16(13)19-12-17(2,3)9-6-10-18/h4-5,7-8,11H,6,9-10,12,18H2,1-3H3,(H,19,20). The van der Waals surface area contributed by atoms with Crippen LogP contribution in [0.1, 0.15) is 32.3 Å². The van der Waals surface area contributed by atoms with Crippen LogP contribution in [0.2, 0.25) is 0 Å². The van der Waals surface area contributed by atoms with Crippen LogP contribution in [0.5, 0.6) is 0 Å². The zero-order valence-corrected chi connectivity index (χ0v) is 12.7. The molecule has 0 unspecified atom stereocenters. The van der Waals surface area contributed by atoms with Crippen molar-refractivity contribution in [3.63, 3.8) is 0 Å². The van der Waals surface area contributed by atoms with Gasteiger partial charge in [-0.15, -0.1) is 0 Å².